The first-order valence-corrected chi connectivity index (χ1v) is 8.78. The van der Waals surface area contributed by atoms with Crippen molar-refractivity contribution in [2.45, 2.75) is 32.7 Å². The Bertz CT molecular complexity index is 739. The number of halogens is 1. The van der Waals surface area contributed by atoms with E-state index in [2.05, 4.69) is 25.5 Å². The van der Waals surface area contributed by atoms with E-state index in [1.54, 1.807) is 18.2 Å². The lowest BCUT2D eigenvalue weighted by molar-refractivity contribution is 0.246. The fraction of sp³-hybridized carbons (Fsp3) is 0.389. The summed E-state index contributed by atoms with van der Waals surface area (Å²) in [6.07, 6.45) is 1.72. The Kier molecular flexibility index (Phi) is 5.38. The zero-order valence-corrected chi connectivity index (χ0v) is 15.2. The number of benzene rings is 1. The number of nitrogens with zero attached hydrogens (tertiary/aromatic N) is 3. The second-order valence-electron chi connectivity index (χ2n) is 6.32. The highest BCUT2D eigenvalue weighted by molar-refractivity contribution is 6.30. The maximum absolute atomic E-state index is 12.1. The number of hydrogen-bond acceptors (Lipinski definition) is 4. The van der Waals surface area contributed by atoms with Gasteiger partial charge in [0.15, 0.2) is 0 Å². The van der Waals surface area contributed by atoms with Crippen LogP contribution in [0.1, 0.15) is 24.2 Å². The Morgan fingerprint density at radius 3 is 2.48 bits per heavy atom. The van der Waals surface area contributed by atoms with Gasteiger partial charge in [0.25, 0.3) is 0 Å². The number of aryl methyl sites for hydroxylation is 2. The number of rotatable bonds is 3. The molecule has 2 N–H and O–H groups in total. The van der Waals surface area contributed by atoms with E-state index in [1.807, 2.05) is 26.0 Å². The topological polar surface area (TPSA) is 70.2 Å². The van der Waals surface area contributed by atoms with Gasteiger partial charge in [-0.25, -0.2) is 14.8 Å². The number of aromatic nitrogens is 2. The Morgan fingerprint density at radius 2 is 1.84 bits per heavy atom. The smallest absolute Gasteiger partial charge is 0.319 e. The number of carbonyl (C=O) groups is 1. The average molecular weight is 360 g/mol. The lowest BCUT2D eigenvalue weighted by Crippen LogP contribution is -2.46. The van der Waals surface area contributed by atoms with Crippen molar-refractivity contribution < 1.29 is 4.79 Å². The van der Waals surface area contributed by atoms with Crippen LogP contribution < -0.4 is 15.5 Å². The van der Waals surface area contributed by atoms with Crippen LogP contribution in [0, 0.1) is 13.8 Å². The minimum absolute atomic E-state index is 0.140. The molecule has 0 atom stereocenters. The van der Waals surface area contributed by atoms with Crippen LogP contribution in [-0.2, 0) is 0 Å². The van der Waals surface area contributed by atoms with Crippen LogP contribution in [0.25, 0.3) is 0 Å². The van der Waals surface area contributed by atoms with E-state index in [1.165, 1.54) is 0 Å². The van der Waals surface area contributed by atoms with Gasteiger partial charge in [-0.15, -0.1) is 0 Å². The summed E-state index contributed by atoms with van der Waals surface area (Å²) < 4.78 is 0. The molecular formula is C18H22ClN5O. The van der Waals surface area contributed by atoms with Crippen molar-refractivity contribution in [3.63, 3.8) is 0 Å². The van der Waals surface area contributed by atoms with Crippen LogP contribution in [-0.4, -0.2) is 35.1 Å². The van der Waals surface area contributed by atoms with Gasteiger partial charge in [0.05, 0.1) is 0 Å². The first-order chi connectivity index (χ1) is 12.0. The number of anilines is 2. The summed E-state index contributed by atoms with van der Waals surface area (Å²) in [5.74, 6) is 0.777. The summed E-state index contributed by atoms with van der Waals surface area (Å²) in [5, 5.41) is 6.43. The minimum atomic E-state index is -0.205. The fourth-order valence-corrected chi connectivity index (χ4v) is 3.18. The monoisotopic (exact) mass is 359 g/mol. The highest BCUT2D eigenvalue weighted by Gasteiger charge is 2.22. The fourth-order valence-electron chi connectivity index (χ4n) is 2.99. The molecule has 7 heteroatoms. The van der Waals surface area contributed by atoms with Crippen molar-refractivity contribution in [1.82, 2.24) is 15.3 Å². The Balaban J connectivity index is 1.51. The molecule has 0 saturated carbocycles. The summed E-state index contributed by atoms with van der Waals surface area (Å²) >= 11 is 5.93. The number of piperidine rings is 1. The molecule has 3 rings (SSSR count). The van der Waals surface area contributed by atoms with Crippen LogP contribution in [0.5, 0.6) is 0 Å². The SMILES string of the molecule is Cc1cc(C)nc(N2CCC(NC(=O)Nc3cccc(Cl)c3)CC2)n1. The van der Waals surface area contributed by atoms with Crippen LogP contribution in [0.15, 0.2) is 30.3 Å². The largest absolute Gasteiger partial charge is 0.341 e. The van der Waals surface area contributed by atoms with Crippen LogP contribution in [0.3, 0.4) is 0 Å². The van der Waals surface area contributed by atoms with E-state index < -0.39 is 0 Å². The van der Waals surface area contributed by atoms with Gasteiger partial charge in [0, 0.05) is 41.2 Å². The predicted octanol–water partition coefficient (Wildman–Crippen LogP) is 3.54. The second-order valence-corrected chi connectivity index (χ2v) is 6.76. The lowest BCUT2D eigenvalue weighted by Gasteiger charge is -2.32. The van der Waals surface area contributed by atoms with E-state index in [0.29, 0.717) is 10.7 Å². The number of hydrogen-bond donors (Lipinski definition) is 2. The van der Waals surface area contributed by atoms with Gasteiger partial charge < -0.3 is 15.5 Å². The molecule has 25 heavy (non-hydrogen) atoms. The molecular weight excluding hydrogens is 338 g/mol. The molecule has 1 fully saturated rings. The molecule has 2 amide bonds. The predicted molar refractivity (Wildman–Crippen MR) is 100 cm³/mol. The third kappa shape index (κ3) is 4.82. The molecule has 1 aliphatic heterocycles. The van der Waals surface area contributed by atoms with Crippen molar-refractivity contribution in [3.8, 4) is 0 Å². The molecule has 132 valence electrons. The molecule has 1 saturated heterocycles. The molecule has 0 spiro atoms. The minimum Gasteiger partial charge on any atom is -0.341 e. The Labute approximate surface area is 152 Å². The first-order valence-electron chi connectivity index (χ1n) is 8.40. The molecule has 0 unspecified atom stereocenters. The standard InChI is InChI=1S/C18H22ClN5O/c1-12-10-13(2)21-17(20-12)24-8-6-15(7-9-24)22-18(25)23-16-5-3-4-14(19)11-16/h3-5,10-11,15H,6-9H2,1-2H3,(H2,22,23,25). The zero-order chi connectivity index (χ0) is 17.8. The summed E-state index contributed by atoms with van der Waals surface area (Å²) in [7, 11) is 0. The van der Waals surface area contributed by atoms with Gasteiger partial charge in [-0.05, 0) is 51.0 Å². The summed E-state index contributed by atoms with van der Waals surface area (Å²) in [4.78, 5) is 23.3. The van der Waals surface area contributed by atoms with E-state index in [9.17, 15) is 4.79 Å². The third-order valence-electron chi connectivity index (χ3n) is 4.17. The number of carbonyl (C=O) groups excluding carboxylic acids is 1. The zero-order valence-electron chi connectivity index (χ0n) is 14.4. The van der Waals surface area contributed by atoms with Crippen molar-refractivity contribution in [2.24, 2.45) is 0 Å². The molecule has 1 aromatic carbocycles. The first kappa shape index (κ1) is 17.5. The van der Waals surface area contributed by atoms with E-state index in [4.69, 9.17) is 11.6 Å². The van der Waals surface area contributed by atoms with Crippen molar-refractivity contribution in [1.29, 1.82) is 0 Å². The summed E-state index contributed by atoms with van der Waals surface area (Å²) in [6.45, 7) is 5.61. The Hall–Kier alpha value is -2.34. The number of nitrogens with one attached hydrogen (secondary N) is 2. The van der Waals surface area contributed by atoms with Gasteiger partial charge in [-0.2, -0.15) is 0 Å². The lowest BCUT2D eigenvalue weighted by atomic mass is 10.1. The van der Waals surface area contributed by atoms with Gasteiger partial charge in [-0.1, -0.05) is 17.7 Å². The highest BCUT2D eigenvalue weighted by Crippen LogP contribution is 2.18. The number of amides is 2. The third-order valence-corrected chi connectivity index (χ3v) is 4.40. The van der Waals surface area contributed by atoms with Gasteiger partial charge >= 0.3 is 6.03 Å². The van der Waals surface area contributed by atoms with Gasteiger partial charge in [0.2, 0.25) is 5.95 Å². The van der Waals surface area contributed by atoms with Crippen LogP contribution in [0.2, 0.25) is 5.02 Å². The molecule has 6 nitrogen and oxygen atoms in total. The van der Waals surface area contributed by atoms with Crippen LogP contribution >= 0.6 is 11.6 Å². The Morgan fingerprint density at radius 1 is 1.16 bits per heavy atom. The normalized spacial score (nSPS) is 15.1. The molecule has 0 bridgehead atoms. The quantitative estimate of drug-likeness (QED) is 0.879. The van der Waals surface area contributed by atoms with Gasteiger partial charge in [0.1, 0.15) is 0 Å². The molecule has 2 heterocycles. The molecule has 1 aliphatic rings. The molecule has 2 aromatic rings. The maximum Gasteiger partial charge on any atom is 0.319 e. The summed E-state index contributed by atoms with van der Waals surface area (Å²) in [6, 6.07) is 9.02. The van der Waals surface area contributed by atoms with Gasteiger partial charge in [-0.3, -0.25) is 0 Å². The second kappa shape index (κ2) is 7.70. The maximum atomic E-state index is 12.1. The van der Waals surface area contributed by atoms with E-state index in [-0.39, 0.29) is 12.1 Å². The summed E-state index contributed by atoms with van der Waals surface area (Å²) in [5.41, 5.74) is 2.64. The van der Waals surface area contributed by atoms with Crippen LogP contribution in [0.4, 0.5) is 16.4 Å². The average Bonchev–Trinajstić information content (AvgIpc) is 2.54. The van der Waals surface area contributed by atoms with Crippen molar-refractivity contribution in [2.75, 3.05) is 23.3 Å². The molecule has 0 aliphatic carbocycles. The molecule has 1 aromatic heterocycles. The number of urea groups is 1. The van der Waals surface area contributed by atoms with E-state index >= 15 is 0 Å². The van der Waals surface area contributed by atoms with Crippen molar-refractivity contribution >= 4 is 29.3 Å². The van der Waals surface area contributed by atoms with Crippen molar-refractivity contribution in [3.05, 3.63) is 46.7 Å². The van der Waals surface area contributed by atoms with E-state index in [0.717, 1.165) is 43.3 Å². The highest BCUT2D eigenvalue weighted by atomic mass is 35.5. The molecule has 0 radical (unpaired) electrons.